The van der Waals surface area contributed by atoms with E-state index in [1.807, 2.05) is 0 Å². The molecule has 0 amide bonds. The molecule has 15 heavy (non-hydrogen) atoms. The first-order valence-corrected chi connectivity index (χ1v) is 4.71. The Balaban J connectivity index is 2.79. The predicted octanol–water partition coefficient (Wildman–Crippen LogP) is 1.68. The van der Waals surface area contributed by atoms with Crippen LogP contribution in [-0.4, -0.2) is 17.7 Å². The smallest absolute Gasteiger partial charge is 0.308 e. The van der Waals surface area contributed by atoms with Crippen molar-refractivity contribution >= 4 is 5.97 Å². The summed E-state index contributed by atoms with van der Waals surface area (Å²) >= 11 is 0. The topological polar surface area (TPSA) is 46.5 Å². The van der Waals surface area contributed by atoms with Gasteiger partial charge in [-0.2, -0.15) is 0 Å². The number of rotatable bonds is 4. The SMILES string of the molecule is CC(=O)Oc1ccc(F)c(CCCO)c1. The minimum atomic E-state index is -0.435. The number of esters is 1. The van der Waals surface area contributed by atoms with E-state index in [1.165, 1.54) is 25.1 Å². The maximum absolute atomic E-state index is 13.2. The second-order valence-electron chi connectivity index (χ2n) is 3.17. The van der Waals surface area contributed by atoms with Crippen molar-refractivity contribution in [1.82, 2.24) is 0 Å². The number of hydrogen-bond acceptors (Lipinski definition) is 3. The highest BCUT2D eigenvalue weighted by Gasteiger charge is 2.05. The van der Waals surface area contributed by atoms with Crippen molar-refractivity contribution in [2.24, 2.45) is 0 Å². The van der Waals surface area contributed by atoms with Gasteiger partial charge in [-0.15, -0.1) is 0 Å². The Morgan fingerprint density at radius 2 is 2.27 bits per heavy atom. The summed E-state index contributed by atoms with van der Waals surface area (Å²) < 4.78 is 18.0. The van der Waals surface area contributed by atoms with Gasteiger partial charge >= 0.3 is 5.97 Å². The van der Waals surface area contributed by atoms with Crippen LogP contribution in [0, 0.1) is 5.82 Å². The Hall–Kier alpha value is -1.42. The number of carbonyl (C=O) groups is 1. The summed E-state index contributed by atoms with van der Waals surface area (Å²) in [4.78, 5) is 10.7. The molecule has 1 N–H and O–H groups in total. The zero-order chi connectivity index (χ0) is 11.3. The Morgan fingerprint density at radius 1 is 1.53 bits per heavy atom. The molecule has 0 bridgehead atoms. The van der Waals surface area contributed by atoms with Crippen molar-refractivity contribution in [3.63, 3.8) is 0 Å². The average Bonchev–Trinajstić information content (AvgIpc) is 2.18. The van der Waals surface area contributed by atoms with E-state index in [9.17, 15) is 9.18 Å². The third-order valence-electron chi connectivity index (χ3n) is 1.88. The monoisotopic (exact) mass is 212 g/mol. The minimum Gasteiger partial charge on any atom is -0.427 e. The van der Waals surface area contributed by atoms with Crippen LogP contribution in [0.2, 0.25) is 0 Å². The van der Waals surface area contributed by atoms with E-state index in [0.717, 1.165) is 0 Å². The van der Waals surface area contributed by atoms with Crippen LogP contribution < -0.4 is 4.74 Å². The van der Waals surface area contributed by atoms with Gasteiger partial charge in [0, 0.05) is 13.5 Å². The Kier molecular flexibility index (Phi) is 4.24. The van der Waals surface area contributed by atoms with Gasteiger partial charge < -0.3 is 9.84 Å². The fourth-order valence-electron chi connectivity index (χ4n) is 1.24. The molecule has 0 saturated heterocycles. The van der Waals surface area contributed by atoms with Crippen molar-refractivity contribution in [3.05, 3.63) is 29.6 Å². The normalized spacial score (nSPS) is 10.1. The lowest BCUT2D eigenvalue weighted by molar-refractivity contribution is -0.131. The fourth-order valence-corrected chi connectivity index (χ4v) is 1.24. The molecule has 3 nitrogen and oxygen atoms in total. The molecule has 0 aliphatic heterocycles. The Labute approximate surface area is 87.5 Å². The lowest BCUT2D eigenvalue weighted by atomic mass is 10.1. The van der Waals surface area contributed by atoms with Crippen molar-refractivity contribution < 1.29 is 19.0 Å². The molecule has 0 radical (unpaired) electrons. The molecule has 0 fully saturated rings. The zero-order valence-corrected chi connectivity index (χ0v) is 8.50. The van der Waals surface area contributed by atoms with Gasteiger partial charge in [0.1, 0.15) is 11.6 Å². The van der Waals surface area contributed by atoms with Crippen LogP contribution in [0.15, 0.2) is 18.2 Å². The number of carbonyl (C=O) groups excluding carboxylic acids is 1. The molecule has 0 heterocycles. The van der Waals surface area contributed by atoms with E-state index in [4.69, 9.17) is 9.84 Å². The summed E-state index contributed by atoms with van der Waals surface area (Å²) in [5.74, 6) is -0.453. The van der Waals surface area contributed by atoms with E-state index in [1.54, 1.807) is 0 Å². The fraction of sp³-hybridized carbons (Fsp3) is 0.364. The third-order valence-corrected chi connectivity index (χ3v) is 1.88. The number of hydrogen-bond donors (Lipinski definition) is 1. The van der Waals surface area contributed by atoms with E-state index in [2.05, 4.69) is 0 Å². The first-order chi connectivity index (χ1) is 7.13. The standard InChI is InChI=1S/C11H13FO3/c1-8(14)15-10-4-5-11(12)9(7-10)3-2-6-13/h4-5,7,13H,2-3,6H2,1H3. The maximum Gasteiger partial charge on any atom is 0.308 e. The number of benzene rings is 1. The molecule has 4 heteroatoms. The first kappa shape index (κ1) is 11.7. The highest BCUT2D eigenvalue weighted by Crippen LogP contribution is 2.18. The van der Waals surface area contributed by atoms with E-state index in [0.29, 0.717) is 24.2 Å². The minimum absolute atomic E-state index is 0.0111. The quantitative estimate of drug-likeness (QED) is 0.610. The number of aryl methyl sites for hydroxylation is 1. The molecule has 1 rings (SSSR count). The average molecular weight is 212 g/mol. The van der Waals surface area contributed by atoms with E-state index >= 15 is 0 Å². The highest BCUT2D eigenvalue weighted by atomic mass is 19.1. The van der Waals surface area contributed by atoms with Crippen LogP contribution in [0.3, 0.4) is 0 Å². The van der Waals surface area contributed by atoms with Gasteiger partial charge in [-0.3, -0.25) is 4.79 Å². The molecule has 0 aliphatic rings. The van der Waals surface area contributed by atoms with Crippen LogP contribution in [0.5, 0.6) is 5.75 Å². The number of aliphatic hydroxyl groups excluding tert-OH is 1. The Morgan fingerprint density at radius 3 is 2.87 bits per heavy atom. The molecule has 0 aliphatic carbocycles. The molecule has 0 atom stereocenters. The molecule has 82 valence electrons. The van der Waals surface area contributed by atoms with Crippen molar-refractivity contribution in [1.29, 1.82) is 0 Å². The summed E-state index contributed by atoms with van der Waals surface area (Å²) in [5.41, 5.74) is 0.447. The second kappa shape index (κ2) is 5.46. The van der Waals surface area contributed by atoms with Crippen LogP contribution in [0.25, 0.3) is 0 Å². The molecule has 1 aromatic rings. The highest BCUT2D eigenvalue weighted by molar-refractivity contribution is 5.69. The molecular weight excluding hydrogens is 199 g/mol. The van der Waals surface area contributed by atoms with Crippen molar-refractivity contribution in [3.8, 4) is 5.75 Å². The van der Waals surface area contributed by atoms with Gasteiger partial charge in [0.05, 0.1) is 0 Å². The van der Waals surface area contributed by atoms with Gasteiger partial charge in [-0.25, -0.2) is 4.39 Å². The van der Waals surface area contributed by atoms with Gasteiger partial charge in [0.25, 0.3) is 0 Å². The summed E-state index contributed by atoms with van der Waals surface area (Å²) in [6, 6.07) is 4.14. The predicted molar refractivity (Wildman–Crippen MR) is 53.1 cm³/mol. The largest absolute Gasteiger partial charge is 0.427 e. The Bertz CT molecular complexity index is 350. The number of ether oxygens (including phenoxy) is 1. The lowest BCUT2D eigenvalue weighted by Gasteiger charge is -2.05. The molecule has 0 aromatic heterocycles. The molecule has 1 aromatic carbocycles. The third kappa shape index (κ3) is 3.67. The molecule has 0 spiro atoms. The van der Waals surface area contributed by atoms with Crippen LogP contribution in [0.4, 0.5) is 4.39 Å². The molecule has 0 unspecified atom stereocenters. The van der Waals surface area contributed by atoms with Gasteiger partial charge in [-0.1, -0.05) is 0 Å². The zero-order valence-electron chi connectivity index (χ0n) is 8.50. The maximum atomic E-state index is 13.2. The summed E-state index contributed by atoms with van der Waals surface area (Å²) in [6.07, 6.45) is 0.915. The van der Waals surface area contributed by atoms with Crippen LogP contribution >= 0.6 is 0 Å². The lowest BCUT2D eigenvalue weighted by Crippen LogP contribution is -2.02. The van der Waals surface area contributed by atoms with Crippen LogP contribution in [-0.2, 0) is 11.2 Å². The molecular formula is C11H13FO3. The number of halogens is 1. The summed E-state index contributed by atoms with van der Waals surface area (Å²) in [7, 11) is 0. The van der Waals surface area contributed by atoms with E-state index in [-0.39, 0.29) is 12.4 Å². The van der Waals surface area contributed by atoms with Crippen LogP contribution in [0.1, 0.15) is 18.9 Å². The van der Waals surface area contributed by atoms with Crippen molar-refractivity contribution in [2.45, 2.75) is 19.8 Å². The van der Waals surface area contributed by atoms with E-state index < -0.39 is 5.97 Å². The first-order valence-electron chi connectivity index (χ1n) is 4.71. The molecule has 0 saturated carbocycles. The van der Waals surface area contributed by atoms with Crippen molar-refractivity contribution in [2.75, 3.05) is 6.61 Å². The van der Waals surface area contributed by atoms with Gasteiger partial charge in [0.2, 0.25) is 0 Å². The van der Waals surface area contributed by atoms with Gasteiger partial charge in [-0.05, 0) is 36.6 Å². The second-order valence-corrected chi connectivity index (χ2v) is 3.17. The van der Waals surface area contributed by atoms with Gasteiger partial charge in [0.15, 0.2) is 0 Å². The summed E-state index contributed by atoms with van der Waals surface area (Å²) in [6.45, 7) is 1.30. The number of aliphatic hydroxyl groups is 1. The summed E-state index contributed by atoms with van der Waals surface area (Å²) in [5, 5.41) is 8.63.